The Bertz CT molecular complexity index is 462. The van der Waals surface area contributed by atoms with E-state index in [9.17, 15) is 0 Å². The number of hydrogen-bond donors (Lipinski definition) is 0. The van der Waals surface area contributed by atoms with Gasteiger partial charge in [-0.05, 0) is 33.9 Å². The van der Waals surface area contributed by atoms with E-state index < -0.39 is 0 Å². The molecule has 0 spiro atoms. The average molecular weight is 228 g/mol. The molecule has 1 aliphatic carbocycles. The fourth-order valence-electron chi connectivity index (χ4n) is 2.28. The summed E-state index contributed by atoms with van der Waals surface area (Å²) in [6.07, 6.45) is 3.52. The molecule has 0 bridgehead atoms. The summed E-state index contributed by atoms with van der Waals surface area (Å²) in [6, 6.07) is 6.97. The lowest BCUT2D eigenvalue weighted by atomic mass is 9.85. The Labute approximate surface area is 106 Å². The molecule has 1 aliphatic rings. The van der Waals surface area contributed by atoms with Gasteiger partial charge in [0.25, 0.3) is 0 Å². The van der Waals surface area contributed by atoms with Crippen LogP contribution >= 0.6 is 0 Å². The van der Waals surface area contributed by atoms with Crippen molar-refractivity contribution in [3.05, 3.63) is 40.5 Å². The van der Waals surface area contributed by atoms with E-state index in [1.54, 1.807) is 5.57 Å². The molecule has 0 saturated carbocycles. The molecule has 0 nitrogen and oxygen atoms in total. The predicted octanol–water partition coefficient (Wildman–Crippen LogP) is 4.97. The molecule has 0 heterocycles. The zero-order chi connectivity index (χ0) is 12.8. The summed E-state index contributed by atoms with van der Waals surface area (Å²) in [6.45, 7) is 13.7. The van der Waals surface area contributed by atoms with Crippen LogP contribution in [0.2, 0.25) is 0 Å². The minimum absolute atomic E-state index is 0.243. The quantitative estimate of drug-likeness (QED) is 0.588. The third-order valence-electron chi connectivity index (χ3n) is 3.69. The first kappa shape index (κ1) is 12.4. The van der Waals surface area contributed by atoms with E-state index in [4.69, 9.17) is 0 Å². The summed E-state index contributed by atoms with van der Waals surface area (Å²) < 4.78 is 0. The van der Waals surface area contributed by atoms with Crippen molar-refractivity contribution < 1.29 is 0 Å². The van der Waals surface area contributed by atoms with E-state index >= 15 is 0 Å². The summed E-state index contributed by atoms with van der Waals surface area (Å²) in [7, 11) is 0. The molecular formula is C17H24. The van der Waals surface area contributed by atoms with Crippen molar-refractivity contribution in [3.63, 3.8) is 0 Å². The summed E-state index contributed by atoms with van der Waals surface area (Å²) in [5.74, 6) is 0. The van der Waals surface area contributed by atoms with E-state index in [0.29, 0.717) is 5.41 Å². The molecule has 2 rings (SSSR count). The normalized spacial score (nSPS) is 15.8. The summed E-state index contributed by atoms with van der Waals surface area (Å²) in [5.41, 5.74) is 6.44. The van der Waals surface area contributed by atoms with Gasteiger partial charge in [-0.1, -0.05) is 71.4 Å². The third-order valence-corrected chi connectivity index (χ3v) is 3.69. The molecule has 1 aromatic carbocycles. The number of fused-ring (bicyclic) bond motifs is 1. The highest BCUT2D eigenvalue weighted by Gasteiger charge is 2.24. The molecule has 0 heteroatoms. The van der Waals surface area contributed by atoms with Gasteiger partial charge < -0.3 is 0 Å². The van der Waals surface area contributed by atoms with E-state index in [1.165, 1.54) is 16.7 Å². The molecule has 17 heavy (non-hydrogen) atoms. The van der Waals surface area contributed by atoms with Crippen LogP contribution in [0.4, 0.5) is 0 Å². The second kappa shape index (κ2) is 3.73. The standard InChI is InChI=1S/C17H24/c1-16(2,3)14-8-7-12-9-15(17(4,5)6)11-13(12)10-14/h7-8,10-11H,9H2,1-6H3. The maximum Gasteiger partial charge on any atom is -0.00526 e. The number of allylic oxidation sites excluding steroid dienone is 1. The maximum absolute atomic E-state index is 2.39. The minimum atomic E-state index is 0.243. The number of benzene rings is 1. The van der Waals surface area contributed by atoms with Gasteiger partial charge in [0, 0.05) is 0 Å². The van der Waals surface area contributed by atoms with Gasteiger partial charge in [-0.2, -0.15) is 0 Å². The fourth-order valence-corrected chi connectivity index (χ4v) is 2.28. The van der Waals surface area contributed by atoms with Crippen LogP contribution in [0.15, 0.2) is 23.8 Å². The maximum atomic E-state index is 2.39. The highest BCUT2D eigenvalue weighted by molar-refractivity contribution is 5.65. The van der Waals surface area contributed by atoms with Crippen LogP contribution in [0, 0.1) is 5.41 Å². The van der Waals surface area contributed by atoms with Gasteiger partial charge in [0.1, 0.15) is 0 Å². The molecule has 0 aliphatic heterocycles. The van der Waals surface area contributed by atoms with Crippen LogP contribution in [0.1, 0.15) is 58.2 Å². The molecule has 0 aromatic heterocycles. The molecule has 0 N–H and O–H groups in total. The Morgan fingerprint density at radius 1 is 0.882 bits per heavy atom. The molecule has 0 amide bonds. The van der Waals surface area contributed by atoms with Crippen molar-refractivity contribution in [2.75, 3.05) is 0 Å². The van der Waals surface area contributed by atoms with Crippen LogP contribution in [-0.2, 0) is 11.8 Å². The molecule has 0 unspecified atom stereocenters. The first-order valence-corrected chi connectivity index (χ1v) is 6.52. The monoisotopic (exact) mass is 228 g/mol. The Morgan fingerprint density at radius 2 is 1.53 bits per heavy atom. The molecule has 0 fully saturated rings. The minimum Gasteiger partial charge on any atom is -0.0598 e. The van der Waals surface area contributed by atoms with Crippen molar-refractivity contribution in [1.82, 2.24) is 0 Å². The molecule has 0 atom stereocenters. The van der Waals surface area contributed by atoms with E-state index in [0.717, 1.165) is 6.42 Å². The SMILES string of the molecule is CC(C)(C)C1=Cc2cc(C(C)(C)C)ccc2C1. The van der Waals surface area contributed by atoms with Crippen LogP contribution in [-0.4, -0.2) is 0 Å². The Balaban J connectivity index is 2.40. The second-order valence-electron chi connectivity index (χ2n) is 7.26. The lowest BCUT2D eigenvalue weighted by Gasteiger charge is -2.20. The Morgan fingerprint density at radius 3 is 2.06 bits per heavy atom. The predicted molar refractivity (Wildman–Crippen MR) is 76.3 cm³/mol. The van der Waals surface area contributed by atoms with Gasteiger partial charge in [0.2, 0.25) is 0 Å². The van der Waals surface area contributed by atoms with Gasteiger partial charge in [0.15, 0.2) is 0 Å². The van der Waals surface area contributed by atoms with Gasteiger partial charge >= 0.3 is 0 Å². The van der Waals surface area contributed by atoms with Crippen molar-refractivity contribution in [1.29, 1.82) is 0 Å². The van der Waals surface area contributed by atoms with Crippen molar-refractivity contribution in [2.45, 2.75) is 53.4 Å². The Hall–Kier alpha value is -1.04. The fraction of sp³-hybridized carbons (Fsp3) is 0.529. The molecule has 0 saturated heterocycles. The third kappa shape index (κ3) is 2.46. The zero-order valence-electron chi connectivity index (χ0n) is 12.0. The second-order valence-corrected chi connectivity index (χ2v) is 7.26. The highest BCUT2D eigenvalue weighted by Crippen LogP contribution is 2.37. The number of hydrogen-bond acceptors (Lipinski definition) is 0. The topological polar surface area (TPSA) is 0 Å². The molecule has 1 aromatic rings. The number of rotatable bonds is 0. The average Bonchev–Trinajstić information content (AvgIpc) is 2.57. The van der Waals surface area contributed by atoms with Crippen molar-refractivity contribution in [2.24, 2.45) is 5.41 Å². The van der Waals surface area contributed by atoms with Gasteiger partial charge in [-0.3, -0.25) is 0 Å². The van der Waals surface area contributed by atoms with Crippen LogP contribution in [0.3, 0.4) is 0 Å². The molecular weight excluding hydrogens is 204 g/mol. The summed E-state index contributed by atoms with van der Waals surface area (Å²) in [4.78, 5) is 0. The van der Waals surface area contributed by atoms with Crippen LogP contribution < -0.4 is 0 Å². The van der Waals surface area contributed by atoms with E-state index in [1.807, 2.05) is 0 Å². The smallest absolute Gasteiger partial charge is 0.00526 e. The van der Waals surface area contributed by atoms with Gasteiger partial charge in [-0.25, -0.2) is 0 Å². The summed E-state index contributed by atoms with van der Waals surface area (Å²) in [5, 5.41) is 0. The van der Waals surface area contributed by atoms with E-state index in [-0.39, 0.29) is 5.41 Å². The highest BCUT2D eigenvalue weighted by atomic mass is 14.3. The lowest BCUT2D eigenvalue weighted by Crippen LogP contribution is -2.11. The van der Waals surface area contributed by atoms with Crippen LogP contribution in [0.25, 0.3) is 6.08 Å². The Kier molecular flexibility index (Phi) is 2.72. The van der Waals surface area contributed by atoms with E-state index in [2.05, 4.69) is 65.8 Å². The first-order valence-electron chi connectivity index (χ1n) is 6.52. The van der Waals surface area contributed by atoms with Crippen LogP contribution in [0.5, 0.6) is 0 Å². The summed E-state index contributed by atoms with van der Waals surface area (Å²) >= 11 is 0. The van der Waals surface area contributed by atoms with Crippen molar-refractivity contribution in [3.8, 4) is 0 Å². The molecule has 0 radical (unpaired) electrons. The van der Waals surface area contributed by atoms with Gasteiger partial charge in [0.05, 0.1) is 0 Å². The largest absolute Gasteiger partial charge is 0.0598 e. The first-order chi connectivity index (χ1) is 7.68. The van der Waals surface area contributed by atoms with Crippen molar-refractivity contribution >= 4 is 6.08 Å². The van der Waals surface area contributed by atoms with Gasteiger partial charge in [-0.15, -0.1) is 0 Å². The molecule has 92 valence electrons. The lowest BCUT2D eigenvalue weighted by molar-refractivity contribution is 0.498. The zero-order valence-corrected chi connectivity index (χ0v) is 12.0.